The molecule has 23 heavy (non-hydrogen) atoms. The SMILES string of the molecule is N#C/C(=C/c1c(Cl)cccc1Cl)C(=O)NCCc1ccccc1. The summed E-state index contributed by atoms with van der Waals surface area (Å²) >= 11 is 12.1. The number of halogens is 2. The number of carbonyl (C=O) groups is 1. The summed E-state index contributed by atoms with van der Waals surface area (Å²) in [5.41, 5.74) is 1.54. The number of carbonyl (C=O) groups excluding carboxylic acids is 1. The number of hydrogen-bond donors (Lipinski definition) is 1. The Morgan fingerprint density at radius 1 is 1.09 bits per heavy atom. The fourth-order valence-electron chi connectivity index (χ4n) is 2.00. The largest absolute Gasteiger partial charge is 0.351 e. The molecule has 0 aromatic heterocycles. The molecular formula is C18H14Cl2N2O. The molecule has 0 aliphatic heterocycles. The molecule has 116 valence electrons. The van der Waals surface area contributed by atoms with Crippen LogP contribution in [0.3, 0.4) is 0 Å². The summed E-state index contributed by atoms with van der Waals surface area (Å²) in [6.07, 6.45) is 2.10. The second-order valence-corrected chi connectivity index (χ2v) is 5.61. The van der Waals surface area contributed by atoms with Gasteiger partial charge in [-0.25, -0.2) is 0 Å². The Kier molecular flexibility index (Phi) is 6.22. The lowest BCUT2D eigenvalue weighted by atomic mass is 10.1. The van der Waals surface area contributed by atoms with Crippen LogP contribution in [0.5, 0.6) is 0 Å². The average Bonchev–Trinajstić information content (AvgIpc) is 2.55. The van der Waals surface area contributed by atoms with Gasteiger partial charge >= 0.3 is 0 Å². The van der Waals surface area contributed by atoms with Crippen molar-refractivity contribution in [3.05, 3.63) is 75.3 Å². The molecule has 0 fully saturated rings. The fourth-order valence-corrected chi connectivity index (χ4v) is 2.51. The van der Waals surface area contributed by atoms with Gasteiger partial charge < -0.3 is 5.32 Å². The van der Waals surface area contributed by atoms with Crippen molar-refractivity contribution in [2.45, 2.75) is 6.42 Å². The highest BCUT2D eigenvalue weighted by atomic mass is 35.5. The lowest BCUT2D eigenvalue weighted by Gasteiger charge is -2.06. The third-order valence-corrected chi connectivity index (χ3v) is 3.85. The van der Waals surface area contributed by atoms with Crippen molar-refractivity contribution in [2.24, 2.45) is 0 Å². The Morgan fingerprint density at radius 3 is 2.35 bits per heavy atom. The van der Waals surface area contributed by atoms with Crippen LogP contribution in [-0.4, -0.2) is 12.5 Å². The lowest BCUT2D eigenvalue weighted by molar-refractivity contribution is -0.117. The van der Waals surface area contributed by atoms with E-state index in [0.29, 0.717) is 28.6 Å². The second-order valence-electron chi connectivity index (χ2n) is 4.80. The first-order valence-corrected chi connectivity index (χ1v) is 7.75. The van der Waals surface area contributed by atoms with Gasteiger partial charge in [-0.2, -0.15) is 5.26 Å². The van der Waals surface area contributed by atoms with Gasteiger partial charge in [0.25, 0.3) is 5.91 Å². The van der Waals surface area contributed by atoms with Gasteiger partial charge in [-0.1, -0.05) is 59.6 Å². The maximum atomic E-state index is 12.1. The van der Waals surface area contributed by atoms with Crippen molar-refractivity contribution >= 4 is 35.2 Å². The van der Waals surface area contributed by atoms with Gasteiger partial charge in [-0.3, -0.25) is 4.79 Å². The van der Waals surface area contributed by atoms with Crippen molar-refractivity contribution in [2.75, 3.05) is 6.54 Å². The molecule has 0 saturated heterocycles. The van der Waals surface area contributed by atoms with E-state index in [1.165, 1.54) is 6.08 Å². The summed E-state index contributed by atoms with van der Waals surface area (Å²) < 4.78 is 0. The molecule has 0 atom stereocenters. The second kappa shape index (κ2) is 8.38. The summed E-state index contributed by atoms with van der Waals surface area (Å²) in [7, 11) is 0. The Balaban J connectivity index is 2.04. The van der Waals surface area contributed by atoms with Crippen molar-refractivity contribution in [1.82, 2.24) is 5.32 Å². The van der Waals surface area contributed by atoms with Crippen molar-refractivity contribution in [3.8, 4) is 6.07 Å². The standard InChI is InChI=1S/C18H14Cl2N2O/c19-16-7-4-8-17(20)15(16)11-14(12-21)18(23)22-10-9-13-5-2-1-3-6-13/h1-8,11H,9-10H2,(H,22,23)/b14-11-. The Morgan fingerprint density at radius 2 is 1.74 bits per heavy atom. The number of amides is 1. The summed E-state index contributed by atoms with van der Waals surface area (Å²) in [5.74, 6) is -0.445. The number of rotatable bonds is 5. The molecule has 1 N–H and O–H groups in total. The van der Waals surface area contributed by atoms with Crippen LogP contribution in [0.2, 0.25) is 10.0 Å². The Labute approximate surface area is 145 Å². The number of nitrogens with zero attached hydrogens (tertiary/aromatic N) is 1. The van der Waals surface area contributed by atoms with E-state index in [1.54, 1.807) is 18.2 Å². The van der Waals surface area contributed by atoms with Gasteiger partial charge in [0.15, 0.2) is 0 Å². The summed E-state index contributed by atoms with van der Waals surface area (Å²) in [6, 6.07) is 16.7. The molecule has 5 heteroatoms. The zero-order valence-corrected chi connectivity index (χ0v) is 13.7. The smallest absolute Gasteiger partial charge is 0.261 e. The van der Waals surface area contributed by atoms with Gasteiger partial charge in [0.05, 0.1) is 0 Å². The molecular weight excluding hydrogens is 331 g/mol. The van der Waals surface area contributed by atoms with E-state index in [2.05, 4.69) is 5.32 Å². The van der Waals surface area contributed by atoms with Gasteiger partial charge in [0.2, 0.25) is 0 Å². The minimum absolute atomic E-state index is 0.0342. The number of nitriles is 1. The topological polar surface area (TPSA) is 52.9 Å². The zero-order chi connectivity index (χ0) is 16.7. The van der Waals surface area contributed by atoms with Crippen molar-refractivity contribution in [1.29, 1.82) is 5.26 Å². The summed E-state index contributed by atoms with van der Waals surface area (Å²) in [6.45, 7) is 0.443. The average molecular weight is 345 g/mol. The minimum Gasteiger partial charge on any atom is -0.351 e. The maximum Gasteiger partial charge on any atom is 0.261 e. The molecule has 0 radical (unpaired) electrons. The van der Waals surface area contributed by atoms with Gasteiger partial charge in [0, 0.05) is 22.2 Å². The predicted molar refractivity (Wildman–Crippen MR) is 93.2 cm³/mol. The van der Waals surface area contributed by atoms with Crippen molar-refractivity contribution in [3.63, 3.8) is 0 Å². The van der Waals surface area contributed by atoms with Crippen LogP contribution in [0.15, 0.2) is 54.1 Å². The third-order valence-electron chi connectivity index (χ3n) is 3.20. The van der Waals surface area contributed by atoms with E-state index < -0.39 is 5.91 Å². The fraction of sp³-hybridized carbons (Fsp3) is 0.111. The van der Waals surface area contributed by atoms with E-state index in [-0.39, 0.29) is 5.57 Å². The van der Waals surface area contributed by atoms with Crippen molar-refractivity contribution < 1.29 is 4.79 Å². The van der Waals surface area contributed by atoms with E-state index in [0.717, 1.165) is 5.56 Å². The molecule has 0 unspecified atom stereocenters. The van der Waals surface area contributed by atoms with Crippen LogP contribution in [0, 0.1) is 11.3 Å². The quantitative estimate of drug-likeness (QED) is 0.650. The summed E-state index contributed by atoms with van der Waals surface area (Å²) in [4.78, 5) is 12.1. The maximum absolute atomic E-state index is 12.1. The highest BCUT2D eigenvalue weighted by Crippen LogP contribution is 2.26. The summed E-state index contributed by atoms with van der Waals surface area (Å²) in [5, 5.41) is 12.7. The van der Waals surface area contributed by atoms with Gasteiger partial charge in [0.1, 0.15) is 11.6 Å². The van der Waals surface area contributed by atoms with E-state index in [4.69, 9.17) is 23.2 Å². The van der Waals surface area contributed by atoms with Gasteiger partial charge in [-0.15, -0.1) is 0 Å². The number of hydrogen-bond acceptors (Lipinski definition) is 2. The van der Waals surface area contributed by atoms with Crippen LogP contribution < -0.4 is 5.32 Å². The van der Waals surface area contributed by atoms with Crippen LogP contribution >= 0.6 is 23.2 Å². The van der Waals surface area contributed by atoms with Crippen LogP contribution in [0.1, 0.15) is 11.1 Å². The molecule has 2 rings (SSSR count). The third kappa shape index (κ3) is 4.85. The molecule has 0 saturated carbocycles. The molecule has 0 bridgehead atoms. The van der Waals surface area contributed by atoms with E-state index >= 15 is 0 Å². The minimum atomic E-state index is -0.445. The molecule has 0 aliphatic rings. The van der Waals surface area contributed by atoms with E-state index in [1.807, 2.05) is 36.4 Å². The van der Waals surface area contributed by atoms with Crippen LogP contribution in [0.25, 0.3) is 6.08 Å². The van der Waals surface area contributed by atoms with Crippen LogP contribution in [-0.2, 0) is 11.2 Å². The van der Waals surface area contributed by atoms with Gasteiger partial charge in [-0.05, 0) is 30.2 Å². The first kappa shape index (κ1) is 17.1. The first-order chi connectivity index (χ1) is 11.1. The Hall–Kier alpha value is -2.28. The lowest BCUT2D eigenvalue weighted by Crippen LogP contribution is -2.26. The molecule has 3 nitrogen and oxygen atoms in total. The molecule has 2 aromatic carbocycles. The Bertz CT molecular complexity index is 744. The molecule has 0 spiro atoms. The van der Waals surface area contributed by atoms with Crippen LogP contribution in [0.4, 0.5) is 0 Å². The predicted octanol–water partition coefficient (Wildman–Crippen LogP) is 4.26. The highest BCUT2D eigenvalue weighted by molar-refractivity contribution is 6.37. The molecule has 1 amide bonds. The first-order valence-electron chi connectivity index (χ1n) is 6.99. The van der Waals surface area contributed by atoms with E-state index in [9.17, 15) is 10.1 Å². The monoisotopic (exact) mass is 344 g/mol. The highest BCUT2D eigenvalue weighted by Gasteiger charge is 2.11. The molecule has 2 aromatic rings. The molecule has 0 heterocycles. The molecule has 0 aliphatic carbocycles. The normalized spacial score (nSPS) is 10.9. The number of nitrogens with one attached hydrogen (secondary N) is 1. The number of benzene rings is 2. The zero-order valence-electron chi connectivity index (χ0n) is 12.2.